The Kier molecular flexibility index (Phi) is 8.48. The number of hydrogen-bond donors (Lipinski definition) is 0. The lowest BCUT2D eigenvalue weighted by atomic mass is 9.95. The first-order chi connectivity index (χ1) is 16.2. The highest BCUT2D eigenvalue weighted by Crippen LogP contribution is 2.24. The fourth-order valence-corrected chi connectivity index (χ4v) is 3.97. The SMILES string of the molecule is C=C(C)C(=NC(=NC)C1CCN(C(=O)OC(C)(C)C)CC1)c1ccc(OC2=CCCC=C2)cc1. The van der Waals surface area contributed by atoms with E-state index in [-0.39, 0.29) is 12.0 Å². The first kappa shape index (κ1) is 25.5. The quantitative estimate of drug-likeness (QED) is 0.378. The van der Waals surface area contributed by atoms with E-state index in [2.05, 4.69) is 23.7 Å². The van der Waals surface area contributed by atoms with Gasteiger partial charge in [-0.2, -0.15) is 0 Å². The number of aliphatic imine (C=N–C) groups is 2. The van der Waals surface area contributed by atoms with Crippen LogP contribution in [0.2, 0.25) is 0 Å². The van der Waals surface area contributed by atoms with Crippen molar-refractivity contribution in [2.75, 3.05) is 20.1 Å². The molecule has 1 fully saturated rings. The minimum absolute atomic E-state index is 0.186. The Morgan fingerprint density at radius 1 is 1.12 bits per heavy atom. The lowest BCUT2D eigenvalue weighted by molar-refractivity contribution is 0.0201. The van der Waals surface area contributed by atoms with Crippen LogP contribution in [-0.2, 0) is 4.74 Å². The van der Waals surface area contributed by atoms with Gasteiger partial charge in [0.2, 0.25) is 0 Å². The third kappa shape index (κ3) is 7.17. The van der Waals surface area contributed by atoms with E-state index in [1.807, 2.05) is 58.0 Å². The zero-order chi connectivity index (χ0) is 24.7. The third-order valence-electron chi connectivity index (χ3n) is 5.70. The molecular weight excluding hydrogens is 426 g/mol. The van der Waals surface area contributed by atoms with E-state index in [0.29, 0.717) is 13.1 Å². The number of likely N-dealkylation sites (tertiary alicyclic amines) is 1. The van der Waals surface area contributed by atoms with Gasteiger partial charge in [0.15, 0.2) is 0 Å². The summed E-state index contributed by atoms with van der Waals surface area (Å²) in [6.45, 7) is 13.0. The van der Waals surface area contributed by atoms with Crippen molar-refractivity contribution in [1.29, 1.82) is 0 Å². The van der Waals surface area contributed by atoms with Crippen molar-refractivity contribution in [3.8, 4) is 5.75 Å². The number of allylic oxidation sites excluding steroid dienone is 4. The number of rotatable bonds is 5. The van der Waals surface area contributed by atoms with E-state index in [0.717, 1.165) is 59.9 Å². The van der Waals surface area contributed by atoms with Crippen LogP contribution in [0, 0.1) is 5.92 Å². The standard InChI is InChI=1S/C28H37N3O3/c1-20(2)25(21-12-14-24(15-13-21)33-23-10-8-7-9-11-23)30-26(29-6)22-16-18-31(19-17-22)27(32)34-28(3,4)5/h8,10-15,22H,1,7,9,16-19H2,2-6H3. The summed E-state index contributed by atoms with van der Waals surface area (Å²) in [6.07, 6.45) is 9.65. The molecule has 2 aliphatic rings. The number of carbonyl (C=O) groups excluding carboxylic acids is 1. The van der Waals surface area contributed by atoms with Crippen LogP contribution in [0.15, 0.2) is 70.4 Å². The van der Waals surface area contributed by atoms with Gasteiger partial charge in [-0.3, -0.25) is 4.99 Å². The molecule has 6 heteroatoms. The molecule has 0 bridgehead atoms. The normalized spacial score (nSPS) is 17.9. The number of benzene rings is 1. The van der Waals surface area contributed by atoms with Crippen LogP contribution in [0.3, 0.4) is 0 Å². The van der Waals surface area contributed by atoms with Crippen molar-refractivity contribution in [2.45, 2.75) is 59.0 Å². The molecular formula is C28H37N3O3. The molecule has 3 rings (SSSR count). The lowest BCUT2D eigenvalue weighted by Gasteiger charge is -2.33. The summed E-state index contributed by atoms with van der Waals surface area (Å²) in [5.74, 6) is 2.65. The predicted molar refractivity (Wildman–Crippen MR) is 139 cm³/mol. The smallest absolute Gasteiger partial charge is 0.410 e. The summed E-state index contributed by atoms with van der Waals surface area (Å²) >= 11 is 0. The van der Waals surface area contributed by atoms with E-state index in [1.165, 1.54) is 0 Å². The molecule has 0 saturated carbocycles. The first-order valence-electron chi connectivity index (χ1n) is 12.0. The van der Waals surface area contributed by atoms with Crippen LogP contribution in [0.4, 0.5) is 4.79 Å². The first-order valence-corrected chi connectivity index (χ1v) is 12.0. The maximum absolute atomic E-state index is 12.4. The van der Waals surface area contributed by atoms with Gasteiger partial charge in [0.25, 0.3) is 0 Å². The Balaban J connectivity index is 1.68. The van der Waals surface area contributed by atoms with E-state index in [4.69, 9.17) is 14.5 Å². The van der Waals surface area contributed by atoms with Crippen LogP contribution in [0.5, 0.6) is 5.75 Å². The van der Waals surface area contributed by atoms with Crippen molar-refractivity contribution in [1.82, 2.24) is 4.90 Å². The monoisotopic (exact) mass is 463 g/mol. The molecule has 0 atom stereocenters. The molecule has 1 aromatic rings. The van der Waals surface area contributed by atoms with Gasteiger partial charge in [-0.25, -0.2) is 9.79 Å². The molecule has 0 radical (unpaired) electrons. The fraction of sp³-hybridized carbons (Fsp3) is 0.464. The average Bonchev–Trinajstić information content (AvgIpc) is 2.80. The van der Waals surface area contributed by atoms with Crippen molar-refractivity contribution in [3.05, 3.63) is 66.0 Å². The van der Waals surface area contributed by atoms with Crippen LogP contribution < -0.4 is 4.74 Å². The van der Waals surface area contributed by atoms with Gasteiger partial charge in [0.05, 0.1) is 5.71 Å². The van der Waals surface area contributed by atoms with E-state index < -0.39 is 5.60 Å². The van der Waals surface area contributed by atoms with Crippen molar-refractivity contribution >= 4 is 17.6 Å². The summed E-state index contributed by atoms with van der Waals surface area (Å²) in [5, 5.41) is 0. The summed E-state index contributed by atoms with van der Waals surface area (Å²) in [6, 6.07) is 7.93. The van der Waals surface area contributed by atoms with Crippen LogP contribution in [-0.4, -0.2) is 48.3 Å². The fourth-order valence-electron chi connectivity index (χ4n) is 3.97. The average molecular weight is 464 g/mol. The number of ether oxygens (including phenoxy) is 2. The predicted octanol–water partition coefficient (Wildman–Crippen LogP) is 6.34. The molecule has 0 spiro atoms. The van der Waals surface area contributed by atoms with Gasteiger partial charge < -0.3 is 14.4 Å². The van der Waals surface area contributed by atoms with Gasteiger partial charge in [-0.15, -0.1) is 0 Å². The zero-order valence-corrected chi connectivity index (χ0v) is 21.1. The maximum Gasteiger partial charge on any atom is 0.410 e. The molecule has 6 nitrogen and oxygen atoms in total. The molecule has 0 aromatic heterocycles. The molecule has 1 heterocycles. The van der Waals surface area contributed by atoms with Crippen molar-refractivity contribution in [3.63, 3.8) is 0 Å². The molecule has 1 saturated heterocycles. The van der Waals surface area contributed by atoms with Gasteiger partial charge in [0.1, 0.15) is 22.9 Å². The highest BCUT2D eigenvalue weighted by Gasteiger charge is 2.29. The second-order valence-corrected chi connectivity index (χ2v) is 9.78. The van der Waals surface area contributed by atoms with E-state index >= 15 is 0 Å². The largest absolute Gasteiger partial charge is 0.458 e. The second-order valence-electron chi connectivity index (χ2n) is 9.78. The number of hydrogen-bond acceptors (Lipinski definition) is 4. The Bertz CT molecular complexity index is 1000. The number of amides is 1. The summed E-state index contributed by atoms with van der Waals surface area (Å²) < 4.78 is 11.5. The Labute approximate surface area is 203 Å². The summed E-state index contributed by atoms with van der Waals surface area (Å²) in [7, 11) is 1.78. The molecule has 34 heavy (non-hydrogen) atoms. The van der Waals surface area contributed by atoms with Crippen molar-refractivity contribution in [2.24, 2.45) is 15.9 Å². The van der Waals surface area contributed by atoms with Gasteiger partial charge in [-0.05, 0) is 95.4 Å². The third-order valence-corrected chi connectivity index (χ3v) is 5.70. The number of amidine groups is 1. The number of nitrogens with zero attached hydrogens (tertiary/aromatic N) is 3. The minimum atomic E-state index is -0.491. The van der Waals surface area contributed by atoms with E-state index in [1.54, 1.807) is 11.9 Å². The molecule has 1 aliphatic heterocycles. The highest BCUT2D eigenvalue weighted by atomic mass is 16.6. The topological polar surface area (TPSA) is 63.5 Å². The van der Waals surface area contributed by atoms with Crippen molar-refractivity contribution < 1.29 is 14.3 Å². The van der Waals surface area contributed by atoms with E-state index in [9.17, 15) is 4.79 Å². The minimum Gasteiger partial charge on any atom is -0.458 e. The summed E-state index contributed by atoms with van der Waals surface area (Å²) in [5.41, 5.74) is 2.17. The summed E-state index contributed by atoms with van der Waals surface area (Å²) in [4.78, 5) is 23.6. The van der Waals surface area contributed by atoms with Gasteiger partial charge in [-0.1, -0.05) is 12.7 Å². The second kappa shape index (κ2) is 11.3. The van der Waals surface area contributed by atoms with Crippen LogP contribution in [0.25, 0.3) is 0 Å². The maximum atomic E-state index is 12.4. The molecule has 182 valence electrons. The zero-order valence-electron chi connectivity index (χ0n) is 21.1. The van der Waals surface area contributed by atoms with Crippen LogP contribution >= 0.6 is 0 Å². The molecule has 1 aliphatic carbocycles. The lowest BCUT2D eigenvalue weighted by Crippen LogP contribution is -2.42. The molecule has 0 N–H and O–H groups in total. The molecule has 1 amide bonds. The van der Waals surface area contributed by atoms with Crippen LogP contribution in [0.1, 0.15) is 58.9 Å². The number of piperidine rings is 1. The molecule has 0 unspecified atom stereocenters. The highest BCUT2D eigenvalue weighted by molar-refractivity contribution is 6.16. The molecule has 1 aromatic carbocycles. The Hall–Kier alpha value is -3.15. The number of carbonyl (C=O) groups is 1. The van der Waals surface area contributed by atoms with Gasteiger partial charge >= 0.3 is 6.09 Å². The van der Waals surface area contributed by atoms with Gasteiger partial charge in [0, 0.05) is 31.6 Å². The Morgan fingerprint density at radius 3 is 2.32 bits per heavy atom. The Morgan fingerprint density at radius 2 is 1.79 bits per heavy atom.